The lowest BCUT2D eigenvalue weighted by Gasteiger charge is -2.01. The first-order valence-electron chi connectivity index (χ1n) is 2.92. The number of hydrogen-bond donors (Lipinski definition) is 1. The van der Waals surface area contributed by atoms with E-state index in [1.807, 2.05) is 0 Å². The summed E-state index contributed by atoms with van der Waals surface area (Å²) in [5.41, 5.74) is 6.72. The van der Waals surface area contributed by atoms with Crippen LogP contribution in [0.1, 0.15) is 0 Å². The Morgan fingerprint density at radius 2 is 2.10 bits per heavy atom. The molecule has 0 amide bonds. The van der Waals surface area contributed by atoms with Crippen molar-refractivity contribution >= 4 is 19.0 Å². The number of benzene rings is 1. The lowest BCUT2D eigenvalue weighted by molar-refractivity contribution is 0.415. The minimum absolute atomic E-state index is 0.622. The Balaban J connectivity index is 3.06. The van der Waals surface area contributed by atoms with Crippen LogP contribution in [-0.4, -0.2) is 15.0 Å². The fourth-order valence-electron chi connectivity index (χ4n) is 0.764. The van der Waals surface area contributed by atoms with E-state index in [-0.39, 0.29) is 0 Å². The van der Waals surface area contributed by atoms with E-state index in [0.29, 0.717) is 16.9 Å². The molecule has 2 radical (unpaired) electrons. The fraction of sp³-hybridized carbons (Fsp3) is 0.143. The maximum absolute atomic E-state index is 5.48. The Kier molecular flexibility index (Phi) is 1.85. The highest BCUT2D eigenvalue weighted by molar-refractivity contribution is 6.32. The third-order valence-corrected chi connectivity index (χ3v) is 1.19. The number of rotatable bonds is 1. The summed E-state index contributed by atoms with van der Waals surface area (Å²) >= 11 is 0. The van der Waals surface area contributed by atoms with Crippen molar-refractivity contribution in [3.05, 3.63) is 18.2 Å². The van der Waals surface area contributed by atoms with Crippen LogP contribution in [-0.2, 0) is 0 Å². The zero-order valence-electron chi connectivity index (χ0n) is 5.79. The van der Waals surface area contributed by atoms with Crippen LogP contribution in [0.4, 0.5) is 5.69 Å². The van der Waals surface area contributed by atoms with Crippen molar-refractivity contribution < 1.29 is 4.74 Å². The molecule has 0 atom stereocenters. The first kappa shape index (κ1) is 7.00. The van der Waals surface area contributed by atoms with Gasteiger partial charge in [-0.1, -0.05) is 5.46 Å². The van der Waals surface area contributed by atoms with E-state index in [1.54, 1.807) is 25.3 Å². The van der Waals surface area contributed by atoms with E-state index in [2.05, 4.69) is 0 Å². The minimum Gasteiger partial charge on any atom is -0.497 e. The molecule has 0 aliphatic rings. The van der Waals surface area contributed by atoms with Gasteiger partial charge in [-0.3, -0.25) is 0 Å². The number of hydrogen-bond acceptors (Lipinski definition) is 2. The van der Waals surface area contributed by atoms with Crippen LogP contribution in [0, 0.1) is 0 Å². The first-order valence-corrected chi connectivity index (χ1v) is 2.92. The topological polar surface area (TPSA) is 35.2 Å². The van der Waals surface area contributed by atoms with Gasteiger partial charge in [-0.2, -0.15) is 0 Å². The molecule has 1 rings (SSSR count). The zero-order chi connectivity index (χ0) is 7.56. The second kappa shape index (κ2) is 2.65. The molecule has 10 heavy (non-hydrogen) atoms. The number of anilines is 1. The van der Waals surface area contributed by atoms with E-state index in [0.717, 1.165) is 0 Å². The van der Waals surface area contributed by atoms with Gasteiger partial charge in [-0.05, 0) is 12.1 Å². The van der Waals surface area contributed by atoms with Gasteiger partial charge in [0.25, 0.3) is 0 Å². The molecular formula is C7H8BNO. The van der Waals surface area contributed by atoms with E-state index < -0.39 is 0 Å². The molecule has 0 aromatic heterocycles. The second-order valence-corrected chi connectivity index (χ2v) is 2.04. The van der Waals surface area contributed by atoms with Gasteiger partial charge in [0.05, 0.1) is 7.11 Å². The normalized spacial score (nSPS) is 9.30. The molecule has 2 nitrogen and oxygen atoms in total. The number of nitrogen functional groups attached to an aromatic ring is 1. The monoisotopic (exact) mass is 133 g/mol. The van der Waals surface area contributed by atoms with Gasteiger partial charge in [0.2, 0.25) is 0 Å². The molecule has 1 aromatic rings. The lowest BCUT2D eigenvalue weighted by atomic mass is 9.96. The SMILES string of the molecule is [B]c1cc(N)cc(OC)c1. The zero-order valence-corrected chi connectivity index (χ0v) is 5.79. The number of methoxy groups -OCH3 is 1. The van der Waals surface area contributed by atoms with Crippen LogP contribution < -0.4 is 15.9 Å². The van der Waals surface area contributed by atoms with Crippen molar-refractivity contribution in [2.75, 3.05) is 12.8 Å². The molecule has 1 aromatic carbocycles. The molecule has 0 fully saturated rings. The van der Waals surface area contributed by atoms with Gasteiger partial charge in [0.1, 0.15) is 13.6 Å². The average molecular weight is 133 g/mol. The van der Waals surface area contributed by atoms with Gasteiger partial charge in [0, 0.05) is 11.8 Å². The first-order chi connectivity index (χ1) is 4.72. The van der Waals surface area contributed by atoms with Crippen LogP contribution in [0.2, 0.25) is 0 Å². The van der Waals surface area contributed by atoms with Crippen molar-refractivity contribution in [2.45, 2.75) is 0 Å². The molecule has 0 saturated carbocycles. The summed E-state index contributed by atoms with van der Waals surface area (Å²) in [6.07, 6.45) is 0. The van der Waals surface area contributed by atoms with Gasteiger partial charge in [-0.25, -0.2) is 0 Å². The Morgan fingerprint density at radius 1 is 1.40 bits per heavy atom. The molecule has 0 bridgehead atoms. The van der Waals surface area contributed by atoms with Crippen LogP contribution in [0.25, 0.3) is 0 Å². The third-order valence-electron chi connectivity index (χ3n) is 1.19. The summed E-state index contributed by atoms with van der Waals surface area (Å²) in [5.74, 6) is 0.692. The van der Waals surface area contributed by atoms with Crippen LogP contribution >= 0.6 is 0 Å². The van der Waals surface area contributed by atoms with Gasteiger partial charge in [-0.15, -0.1) is 0 Å². The molecule has 0 saturated heterocycles. The lowest BCUT2D eigenvalue weighted by Crippen LogP contribution is -2.03. The highest BCUT2D eigenvalue weighted by atomic mass is 16.5. The van der Waals surface area contributed by atoms with Crippen molar-refractivity contribution in [3.8, 4) is 5.75 Å². The predicted molar refractivity (Wildman–Crippen MR) is 42.8 cm³/mol. The predicted octanol–water partition coefficient (Wildman–Crippen LogP) is 0.0712. The number of ether oxygens (including phenoxy) is 1. The molecule has 3 heteroatoms. The maximum atomic E-state index is 5.48. The summed E-state index contributed by atoms with van der Waals surface area (Å²) < 4.78 is 4.92. The summed E-state index contributed by atoms with van der Waals surface area (Å²) in [6, 6.07) is 5.12. The Morgan fingerprint density at radius 3 is 2.60 bits per heavy atom. The molecule has 0 aliphatic heterocycles. The number of nitrogens with two attached hydrogens (primary N) is 1. The highest BCUT2D eigenvalue weighted by Gasteiger charge is 1.92. The average Bonchev–Trinajstić information content (AvgIpc) is 1.85. The summed E-state index contributed by atoms with van der Waals surface area (Å²) in [6.45, 7) is 0. The Labute approximate surface area is 61.4 Å². The van der Waals surface area contributed by atoms with E-state index >= 15 is 0 Å². The fourth-order valence-corrected chi connectivity index (χ4v) is 0.764. The molecular weight excluding hydrogens is 125 g/mol. The van der Waals surface area contributed by atoms with Crippen LogP contribution in [0.15, 0.2) is 18.2 Å². The summed E-state index contributed by atoms with van der Waals surface area (Å²) in [7, 11) is 7.05. The largest absolute Gasteiger partial charge is 0.497 e. The molecule has 50 valence electrons. The molecule has 0 spiro atoms. The molecule has 2 N–H and O–H groups in total. The summed E-state index contributed by atoms with van der Waals surface area (Å²) in [5, 5.41) is 0. The van der Waals surface area contributed by atoms with Gasteiger partial charge < -0.3 is 10.5 Å². The van der Waals surface area contributed by atoms with E-state index in [1.165, 1.54) is 0 Å². The Bertz CT molecular complexity index is 217. The summed E-state index contributed by atoms with van der Waals surface area (Å²) in [4.78, 5) is 0. The highest BCUT2D eigenvalue weighted by Crippen LogP contribution is 2.11. The molecule has 0 unspecified atom stereocenters. The van der Waals surface area contributed by atoms with E-state index in [4.69, 9.17) is 18.3 Å². The van der Waals surface area contributed by atoms with Crippen molar-refractivity contribution in [3.63, 3.8) is 0 Å². The molecule has 0 aliphatic carbocycles. The van der Waals surface area contributed by atoms with Gasteiger partial charge in [0.15, 0.2) is 0 Å². The maximum Gasteiger partial charge on any atom is 0.120 e. The van der Waals surface area contributed by atoms with Crippen molar-refractivity contribution in [2.24, 2.45) is 0 Å². The van der Waals surface area contributed by atoms with Crippen molar-refractivity contribution in [1.82, 2.24) is 0 Å². The minimum atomic E-state index is 0.622. The quantitative estimate of drug-likeness (QED) is 0.434. The van der Waals surface area contributed by atoms with Crippen molar-refractivity contribution in [1.29, 1.82) is 0 Å². The smallest absolute Gasteiger partial charge is 0.120 e. The van der Waals surface area contributed by atoms with Crippen LogP contribution in [0.3, 0.4) is 0 Å². The third kappa shape index (κ3) is 1.44. The molecule has 0 heterocycles. The van der Waals surface area contributed by atoms with Crippen LogP contribution in [0.5, 0.6) is 5.75 Å². The second-order valence-electron chi connectivity index (χ2n) is 2.04. The van der Waals surface area contributed by atoms with Gasteiger partial charge >= 0.3 is 0 Å². The standard InChI is InChI=1S/C7H8BNO/c1-10-7-3-5(8)2-6(9)4-7/h2-4H,9H2,1H3. The van der Waals surface area contributed by atoms with E-state index in [9.17, 15) is 0 Å². The Hall–Kier alpha value is -1.12.